The monoisotopic (exact) mass is 193 g/mol. The van der Waals surface area contributed by atoms with Crippen molar-refractivity contribution in [3.05, 3.63) is 18.3 Å². The Bertz CT molecular complexity index is 299. The van der Waals surface area contributed by atoms with Crippen LogP contribution in [0.15, 0.2) is 18.3 Å². The largest absolute Gasteiger partial charge is 0.476 e. The molecule has 0 aliphatic carbocycles. The Balaban J connectivity index is 2.05. The van der Waals surface area contributed by atoms with Gasteiger partial charge in [-0.05, 0) is 19.1 Å². The molecule has 0 bridgehead atoms. The van der Waals surface area contributed by atoms with Crippen LogP contribution < -0.4 is 15.4 Å². The van der Waals surface area contributed by atoms with Gasteiger partial charge in [-0.15, -0.1) is 0 Å². The molecule has 1 saturated heterocycles. The molecule has 14 heavy (non-hydrogen) atoms. The molecular weight excluding hydrogens is 178 g/mol. The zero-order valence-corrected chi connectivity index (χ0v) is 8.29. The first-order chi connectivity index (χ1) is 6.90. The maximum atomic E-state index is 5.41. The fourth-order valence-electron chi connectivity index (χ4n) is 1.36. The van der Waals surface area contributed by atoms with Crippen LogP contribution in [0.1, 0.15) is 6.92 Å². The van der Waals surface area contributed by atoms with Crippen molar-refractivity contribution in [3.63, 3.8) is 0 Å². The first kappa shape index (κ1) is 9.27. The summed E-state index contributed by atoms with van der Waals surface area (Å²) in [7, 11) is 0. The number of rotatable bonds is 4. The van der Waals surface area contributed by atoms with Gasteiger partial charge in [0.1, 0.15) is 0 Å². The second-order valence-corrected chi connectivity index (χ2v) is 3.29. The first-order valence-corrected chi connectivity index (χ1v) is 4.95. The Morgan fingerprint density at radius 1 is 1.64 bits per heavy atom. The van der Waals surface area contributed by atoms with Crippen LogP contribution in [0.3, 0.4) is 0 Å². The Morgan fingerprint density at radius 3 is 3.14 bits per heavy atom. The Kier molecular flexibility index (Phi) is 2.84. The lowest BCUT2D eigenvalue weighted by atomic mass is 10.2. The molecule has 0 aromatic carbocycles. The second-order valence-electron chi connectivity index (χ2n) is 3.29. The summed E-state index contributed by atoms with van der Waals surface area (Å²) < 4.78 is 5.41. The molecule has 0 amide bonds. The highest BCUT2D eigenvalue weighted by atomic mass is 16.5. The normalized spacial score (nSPS) is 16.1. The van der Waals surface area contributed by atoms with Gasteiger partial charge in [0, 0.05) is 19.3 Å². The Hall–Kier alpha value is -1.29. The number of ether oxygens (including phenoxy) is 1. The standard InChI is InChI=1S/C10H15N3O/c1-2-14-10-9(4-3-5-12-10)13-8-6-11-7-8/h3-5,8,11,13H,2,6-7H2,1H3. The summed E-state index contributed by atoms with van der Waals surface area (Å²) >= 11 is 0. The van der Waals surface area contributed by atoms with Gasteiger partial charge in [0.2, 0.25) is 5.88 Å². The van der Waals surface area contributed by atoms with Crippen LogP contribution in [-0.2, 0) is 0 Å². The van der Waals surface area contributed by atoms with Crippen molar-refractivity contribution < 1.29 is 4.74 Å². The highest BCUT2D eigenvalue weighted by Gasteiger charge is 2.17. The summed E-state index contributed by atoms with van der Waals surface area (Å²) in [5.41, 5.74) is 0.987. The second kappa shape index (κ2) is 4.28. The molecule has 0 spiro atoms. The Morgan fingerprint density at radius 2 is 2.50 bits per heavy atom. The maximum absolute atomic E-state index is 5.41. The predicted octanol–water partition coefficient (Wildman–Crippen LogP) is 0.864. The van der Waals surface area contributed by atoms with E-state index in [-0.39, 0.29) is 0 Å². The molecule has 0 radical (unpaired) electrons. The zero-order valence-electron chi connectivity index (χ0n) is 8.29. The molecule has 1 aromatic rings. The number of aromatic nitrogens is 1. The number of hydrogen-bond acceptors (Lipinski definition) is 4. The van der Waals surface area contributed by atoms with E-state index in [0.717, 1.165) is 18.8 Å². The minimum absolute atomic E-state index is 0.512. The zero-order chi connectivity index (χ0) is 9.80. The summed E-state index contributed by atoms with van der Waals surface area (Å²) in [6, 6.07) is 4.42. The van der Waals surface area contributed by atoms with Gasteiger partial charge < -0.3 is 15.4 Å². The molecule has 4 nitrogen and oxygen atoms in total. The van der Waals surface area contributed by atoms with Crippen molar-refractivity contribution in [1.82, 2.24) is 10.3 Å². The van der Waals surface area contributed by atoms with Gasteiger partial charge >= 0.3 is 0 Å². The van der Waals surface area contributed by atoms with Crippen molar-refractivity contribution in [2.24, 2.45) is 0 Å². The molecule has 0 atom stereocenters. The molecule has 4 heteroatoms. The molecule has 76 valence electrons. The highest BCUT2D eigenvalue weighted by Crippen LogP contribution is 2.21. The van der Waals surface area contributed by atoms with E-state index in [4.69, 9.17) is 4.74 Å². The highest BCUT2D eigenvalue weighted by molar-refractivity contribution is 5.53. The van der Waals surface area contributed by atoms with E-state index < -0.39 is 0 Å². The lowest BCUT2D eigenvalue weighted by molar-refractivity contribution is 0.327. The molecule has 1 fully saturated rings. The quantitative estimate of drug-likeness (QED) is 0.744. The third-order valence-electron chi connectivity index (χ3n) is 2.19. The first-order valence-electron chi connectivity index (χ1n) is 4.95. The van der Waals surface area contributed by atoms with Crippen LogP contribution in [0.2, 0.25) is 0 Å². The van der Waals surface area contributed by atoms with E-state index in [1.807, 2.05) is 19.1 Å². The summed E-state index contributed by atoms with van der Waals surface area (Å²) in [6.45, 7) is 4.64. The van der Waals surface area contributed by atoms with Crippen molar-refractivity contribution in [3.8, 4) is 5.88 Å². The summed E-state index contributed by atoms with van der Waals surface area (Å²) in [6.07, 6.45) is 1.75. The van der Waals surface area contributed by atoms with Gasteiger partial charge in [-0.1, -0.05) is 0 Å². The van der Waals surface area contributed by atoms with Crippen LogP contribution in [0.5, 0.6) is 5.88 Å². The van der Waals surface area contributed by atoms with E-state index in [0.29, 0.717) is 18.5 Å². The molecule has 1 aliphatic heterocycles. The summed E-state index contributed by atoms with van der Waals surface area (Å²) in [5, 5.41) is 6.59. The number of hydrogen-bond donors (Lipinski definition) is 2. The van der Waals surface area contributed by atoms with Gasteiger partial charge in [0.15, 0.2) is 0 Å². The Labute approximate surface area is 83.7 Å². The van der Waals surface area contributed by atoms with Crippen molar-refractivity contribution in [1.29, 1.82) is 0 Å². The van der Waals surface area contributed by atoms with E-state index in [1.165, 1.54) is 0 Å². The van der Waals surface area contributed by atoms with Crippen molar-refractivity contribution in [2.45, 2.75) is 13.0 Å². The van der Waals surface area contributed by atoms with Gasteiger partial charge in [0.25, 0.3) is 0 Å². The molecule has 0 unspecified atom stereocenters. The van der Waals surface area contributed by atoms with Crippen molar-refractivity contribution in [2.75, 3.05) is 25.0 Å². The van der Waals surface area contributed by atoms with Crippen LogP contribution >= 0.6 is 0 Å². The number of anilines is 1. The molecule has 1 aromatic heterocycles. The third kappa shape index (κ3) is 1.96. The fourth-order valence-corrected chi connectivity index (χ4v) is 1.36. The molecular formula is C10H15N3O. The molecule has 0 saturated carbocycles. The van der Waals surface area contributed by atoms with E-state index in [1.54, 1.807) is 6.20 Å². The van der Waals surface area contributed by atoms with Crippen LogP contribution in [0, 0.1) is 0 Å². The van der Waals surface area contributed by atoms with Crippen LogP contribution in [-0.4, -0.2) is 30.7 Å². The van der Waals surface area contributed by atoms with Crippen LogP contribution in [0.25, 0.3) is 0 Å². The minimum atomic E-state index is 0.512. The number of pyridine rings is 1. The minimum Gasteiger partial charge on any atom is -0.476 e. The average Bonchev–Trinajstić information content (AvgIpc) is 2.14. The molecule has 1 aliphatic rings. The SMILES string of the molecule is CCOc1ncccc1NC1CNC1. The van der Waals surface area contributed by atoms with E-state index >= 15 is 0 Å². The number of nitrogens with one attached hydrogen (secondary N) is 2. The average molecular weight is 193 g/mol. The predicted molar refractivity (Wildman–Crippen MR) is 55.7 cm³/mol. The third-order valence-corrected chi connectivity index (χ3v) is 2.19. The summed E-state index contributed by atoms with van der Waals surface area (Å²) in [5.74, 6) is 0.696. The van der Waals surface area contributed by atoms with Crippen molar-refractivity contribution >= 4 is 5.69 Å². The van der Waals surface area contributed by atoms with E-state index in [2.05, 4.69) is 15.6 Å². The van der Waals surface area contributed by atoms with Gasteiger partial charge in [-0.2, -0.15) is 0 Å². The topological polar surface area (TPSA) is 46.2 Å². The van der Waals surface area contributed by atoms with E-state index in [9.17, 15) is 0 Å². The van der Waals surface area contributed by atoms with Gasteiger partial charge in [-0.3, -0.25) is 0 Å². The van der Waals surface area contributed by atoms with Gasteiger partial charge in [-0.25, -0.2) is 4.98 Å². The fraction of sp³-hybridized carbons (Fsp3) is 0.500. The molecule has 2 N–H and O–H groups in total. The lowest BCUT2D eigenvalue weighted by Crippen LogP contribution is -2.51. The molecule has 2 heterocycles. The smallest absolute Gasteiger partial charge is 0.237 e. The lowest BCUT2D eigenvalue weighted by Gasteiger charge is -2.29. The molecule has 2 rings (SSSR count). The number of nitrogens with zero attached hydrogens (tertiary/aromatic N) is 1. The van der Waals surface area contributed by atoms with Gasteiger partial charge in [0.05, 0.1) is 18.3 Å². The maximum Gasteiger partial charge on any atom is 0.237 e. The summed E-state index contributed by atoms with van der Waals surface area (Å²) in [4.78, 5) is 4.17. The van der Waals surface area contributed by atoms with Crippen LogP contribution in [0.4, 0.5) is 5.69 Å².